The van der Waals surface area contributed by atoms with Crippen molar-refractivity contribution in [2.75, 3.05) is 18.2 Å². The van der Waals surface area contributed by atoms with Gasteiger partial charge in [-0.1, -0.05) is 17.7 Å². The molecule has 6 nitrogen and oxygen atoms in total. The number of hydrogen-bond donors (Lipinski definition) is 0. The topological polar surface area (TPSA) is 74.9 Å². The Morgan fingerprint density at radius 1 is 1.21 bits per heavy atom. The van der Waals surface area contributed by atoms with Crippen LogP contribution in [-0.4, -0.2) is 24.8 Å². The number of hydrazone groups is 1. The van der Waals surface area contributed by atoms with Gasteiger partial charge in [0.05, 0.1) is 28.1 Å². The summed E-state index contributed by atoms with van der Waals surface area (Å²) in [5.41, 5.74) is 3.73. The standard InChI is InChI=1S/C22H20BrN3O3/c1-4-28-20-13-16(12-19(23)21(20)29-10-9-24)11-18-15(3)25-26(22(18)27)17-7-5-14(2)6-8-17/h5-8,11-13H,4,10H2,1-3H3. The first-order chi connectivity index (χ1) is 13.9. The minimum atomic E-state index is -0.190. The van der Waals surface area contributed by atoms with Gasteiger partial charge in [-0.2, -0.15) is 15.4 Å². The summed E-state index contributed by atoms with van der Waals surface area (Å²) in [5, 5.41) is 14.6. The molecule has 0 aliphatic carbocycles. The highest BCUT2D eigenvalue weighted by Crippen LogP contribution is 2.38. The number of carbonyl (C=O) groups excluding carboxylic acids is 1. The Labute approximate surface area is 178 Å². The molecule has 0 saturated carbocycles. The van der Waals surface area contributed by atoms with Crippen LogP contribution in [0.15, 0.2) is 51.5 Å². The summed E-state index contributed by atoms with van der Waals surface area (Å²) in [4.78, 5) is 12.9. The van der Waals surface area contributed by atoms with E-state index in [2.05, 4.69) is 21.0 Å². The number of ether oxygens (including phenoxy) is 2. The summed E-state index contributed by atoms with van der Waals surface area (Å²) < 4.78 is 11.8. The van der Waals surface area contributed by atoms with Crippen molar-refractivity contribution in [3.8, 4) is 17.6 Å². The molecular weight excluding hydrogens is 434 g/mol. The first-order valence-corrected chi connectivity index (χ1v) is 9.88. The van der Waals surface area contributed by atoms with Crippen LogP contribution >= 0.6 is 15.9 Å². The van der Waals surface area contributed by atoms with E-state index in [1.807, 2.05) is 50.2 Å². The molecule has 0 atom stereocenters. The molecule has 1 aliphatic heterocycles. The number of anilines is 1. The zero-order chi connectivity index (χ0) is 21.0. The lowest BCUT2D eigenvalue weighted by Crippen LogP contribution is -2.21. The van der Waals surface area contributed by atoms with Crippen molar-refractivity contribution < 1.29 is 14.3 Å². The third-order valence-corrected chi connectivity index (χ3v) is 4.85. The highest BCUT2D eigenvalue weighted by Gasteiger charge is 2.28. The molecule has 0 unspecified atom stereocenters. The van der Waals surface area contributed by atoms with Crippen molar-refractivity contribution in [1.82, 2.24) is 0 Å². The molecule has 2 aromatic rings. The lowest BCUT2D eigenvalue weighted by atomic mass is 10.1. The highest BCUT2D eigenvalue weighted by molar-refractivity contribution is 9.10. The van der Waals surface area contributed by atoms with Crippen LogP contribution in [-0.2, 0) is 4.79 Å². The van der Waals surface area contributed by atoms with Gasteiger partial charge in [-0.25, -0.2) is 0 Å². The molecule has 0 spiro atoms. The number of nitriles is 1. The van der Waals surface area contributed by atoms with Crippen molar-refractivity contribution in [1.29, 1.82) is 5.26 Å². The summed E-state index contributed by atoms with van der Waals surface area (Å²) in [7, 11) is 0. The normalized spacial score (nSPS) is 14.7. The molecule has 2 aromatic carbocycles. The molecule has 1 heterocycles. The number of aryl methyl sites for hydroxylation is 1. The van der Waals surface area contributed by atoms with Gasteiger partial charge in [0.15, 0.2) is 18.1 Å². The number of carbonyl (C=O) groups is 1. The smallest absolute Gasteiger partial charge is 0.280 e. The van der Waals surface area contributed by atoms with Crippen molar-refractivity contribution in [3.05, 3.63) is 57.6 Å². The SMILES string of the molecule is CCOc1cc(C=C2C(=O)N(c3ccc(C)cc3)N=C2C)cc(Br)c1OCC#N. The predicted octanol–water partition coefficient (Wildman–Crippen LogP) is 4.86. The Bertz CT molecular complexity index is 1040. The van der Waals surface area contributed by atoms with E-state index in [0.717, 1.165) is 16.8 Å². The molecule has 0 aromatic heterocycles. The van der Waals surface area contributed by atoms with E-state index in [0.29, 0.717) is 33.9 Å². The van der Waals surface area contributed by atoms with Crippen LogP contribution in [0.1, 0.15) is 25.0 Å². The number of amides is 1. The molecule has 3 rings (SSSR count). The Hall–Kier alpha value is -3.11. The molecule has 7 heteroatoms. The molecule has 1 amide bonds. The van der Waals surface area contributed by atoms with E-state index in [1.165, 1.54) is 5.01 Å². The van der Waals surface area contributed by atoms with Crippen LogP contribution in [0.2, 0.25) is 0 Å². The third kappa shape index (κ3) is 4.49. The van der Waals surface area contributed by atoms with Crippen LogP contribution in [0.3, 0.4) is 0 Å². The Kier molecular flexibility index (Phi) is 6.35. The van der Waals surface area contributed by atoms with E-state index in [4.69, 9.17) is 14.7 Å². The molecule has 0 N–H and O–H groups in total. The third-order valence-electron chi connectivity index (χ3n) is 4.26. The molecule has 0 fully saturated rings. The van der Waals surface area contributed by atoms with Crippen LogP contribution < -0.4 is 14.5 Å². The fourth-order valence-electron chi connectivity index (χ4n) is 2.89. The highest BCUT2D eigenvalue weighted by atomic mass is 79.9. The summed E-state index contributed by atoms with van der Waals surface area (Å²) in [5.74, 6) is 0.768. The first-order valence-electron chi connectivity index (χ1n) is 9.09. The van der Waals surface area contributed by atoms with Crippen LogP contribution in [0.25, 0.3) is 6.08 Å². The van der Waals surface area contributed by atoms with Crippen LogP contribution in [0.5, 0.6) is 11.5 Å². The maximum absolute atomic E-state index is 12.9. The van der Waals surface area contributed by atoms with Gasteiger partial charge in [0.2, 0.25) is 0 Å². The molecule has 29 heavy (non-hydrogen) atoms. The van der Waals surface area contributed by atoms with Gasteiger partial charge in [-0.15, -0.1) is 0 Å². The van der Waals surface area contributed by atoms with Crippen molar-refractivity contribution in [2.45, 2.75) is 20.8 Å². The van der Waals surface area contributed by atoms with E-state index in [1.54, 1.807) is 19.1 Å². The van der Waals surface area contributed by atoms with Gasteiger partial charge in [0.1, 0.15) is 6.07 Å². The number of nitrogens with zero attached hydrogens (tertiary/aromatic N) is 3. The Balaban J connectivity index is 1.95. The molecular formula is C22H20BrN3O3. The minimum absolute atomic E-state index is 0.0884. The second kappa shape index (κ2) is 8.93. The molecule has 0 bridgehead atoms. The van der Waals surface area contributed by atoms with Gasteiger partial charge < -0.3 is 9.47 Å². The average Bonchev–Trinajstić information content (AvgIpc) is 2.96. The molecule has 148 valence electrons. The van der Waals surface area contributed by atoms with E-state index >= 15 is 0 Å². The maximum Gasteiger partial charge on any atom is 0.280 e. The van der Waals surface area contributed by atoms with Gasteiger partial charge in [0.25, 0.3) is 5.91 Å². The van der Waals surface area contributed by atoms with Gasteiger partial charge in [0, 0.05) is 0 Å². The number of halogens is 1. The monoisotopic (exact) mass is 453 g/mol. The second-order valence-corrected chi connectivity index (χ2v) is 7.26. The molecule has 0 saturated heterocycles. The Morgan fingerprint density at radius 2 is 1.93 bits per heavy atom. The van der Waals surface area contributed by atoms with Gasteiger partial charge in [-0.05, 0) is 72.6 Å². The van der Waals surface area contributed by atoms with E-state index in [-0.39, 0.29) is 12.5 Å². The quantitative estimate of drug-likeness (QED) is 0.584. The van der Waals surface area contributed by atoms with Gasteiger partial charge >= 0.3 is 0 Å². The second-order valence-electron chi connectivity index (χ2n) is 6.41. The van der Waals surface area contributed by atoms with Gasteiger partial charge in [-0.3, -0.25) is 4.79 Å². The van der Waals surface area contributed by atoms with Crippen molar-refractivity contribution in [3.63, 3.8) is 0 Å². The zero-order valence-corrected chi connectivity index (χ0v) is 18.0. The summed E-state index contributed by atoms with van der Waals surface area (Å²) in [6, 6.07) is 13.2. The fraction of sp³-hybridized carbons (Fsp3) is 0.227. The first kappa shape index (κ1) is 20.6. The number of benzene rings is 2. The van der Waals surface area contributed by atoms with Crippen LogP contribution in [0, 0.1) is 18.3 Å². The number of rotatable bonds is 6. The van der Waals surface area contributed by atoms with Crippen LogP contribution in [0.4, 0.5) is 5.69 Å². The lowest BCUT2D eigenvalue weighted by molar-refractivity contribution is -0.114. The zero-order valence-electron chi connectivity index (χ0n) is 16.4. The summed E-state index contributed by atoms with van der Waals surface area (Å²) in [6.07, 6.45) is 1.77. The summed E-state index contributed by atoms with van der Waals surface area (Å²) in [6.45, 7) is 6.02. The largest absolute Gasteiger partial charge is 0.490 e. The van der Waals surface area contributed by atoms with E-state index < -0.39 is 0 Å². The van der Waals surface area contributed by atoms with Crippen molar-refractivity contribution in [2.24, 2.45) is 5.10 Å². The average molecular weight is 454 g/mol. The number of hydrogen-bond acceptors (Lipinski definition) is 5. The summed E-state index contributed by atoms with van der Waals surface area (Å²) >= 11 is 3.46. The molecule has 0 radical (unpaired) electrons. The van der Waals surface area contributed by atoms with E-state index in [9.17, 15) is 4.79 Å². The maximum atomic E-state index is 12.9. The predicted molar refractivity (Wildman–Crippen MR) is 116 cm³/mol. The Morgan fingerprint density at radius 3 is 2.59 bits per heavy atom. The minimum Gasteiger partial charge on any atom is -0.490 e. The fourth-order valence-corrected chi connectivity index (χ4v) is 3.46. The lowest BCUT2D eigenvalue weighted by Gasteiger charge is -2.13. The van der Waals surface area contributed by atoms with Crippen molar-refractivity contribution >= 4 is 39.3 Å². The molecule has 1 aliphatic rings.